The molecule has 1 N–H and O–H groups in total. The molecule has 0 spiro atoms. The van der Waals surface area contributed by atoms with Gasteiger partial charge in [0, 0.05) is 24.2 Å². The van der Waals surface area contributed by atoms with Crippen LogP contribution in [0.1, 0.15) is 31.2 Å². The van der Waals surface area contributed by atoms with Crippen LogP contribution in [0.4, 0.5) is 0 Å². The summed E-state index contributed by atoms with van der Waals surface area (Å²) in [6.45, 7) is 0. The number of nitrogens with one attached hydrogen (secondary N) is 1. The lowest BCUT2D eigenvalue weighted by Crippen LogP contribution is -2.25. The molecule has 2 nitrogen and oxygen atoms in total. The maximum Gasteiger partial charge on any atom is 0.140 e. The van der Waals surface area contributed by atoms with Gasteiger partial charge in [0.25, 0.3) is 0 Å². The van der Waals surface area contributed by atoms with E-state index < -0.39 is 0 Å². The molecular weight excluding hydrogens is 246 g/mol. The fraction of sp³-hybridized carbons (Fsp3) is 0.278. The first-order chi connectivity index (χ1) is 9.84. The van der Waals surface area contributed by atoms with Gasteiger partial charge in [-0.25, -0.2) is 0 Å². The van der Waals surface area contributed by atoms with Crippen molar-refractivity contribution in [3.05, 3.63) is 65.5 Å². The first-order valence-electron chi connectivity index (χ1n) is 7.28. The average Bonchev–Trinajstić information content (AvgIpc) is 2.50. The standard InChI is InChI=1S/C18H19NO/c20-18-11-5-4-9-16(18)15-10-6-12-19-17(15)13-14-7-2-1-3-8-14/h1-3,6-8,10,12-13,16,19H,4-5,9,11H2. The molecular formula is C18H19NO. The highest BCUT2D eigenvalue weighted by molar-refractivity contribution is 5.86. The van der Waals surface area contributed by atoms with E-state index in [9.17, 15) is 4.79 Å². The molecule has 1 aliphatic heterocycles. The van der Waals surface area contributed by atoms with Crippen LogP contribution in [0.5, 0.6) is 0 Å². The predicted octanol–water partition coefficient (Wildman–Crippen LogP) is 3.83. The summed E-state index contributed by atoms with van der Waals surface area (Å²) in [6, 6.07) is 10.2. The summed E-state index contributed by atoms with van der Waals surface area (Å²) < 4.78 is 0. The van der Waals surface area contributed by atoms with E-state index in [0.717, 1.165) is 42.5 Å². The zero-order valence-electron chi connectivity index (χ0n) is 11.5. The lowest BCUT2D eigenvalue weighted by Gasteiger charge is -2.26. The molecule has 3 rings (SSSR count). The van der Waals surface area contributed by atoms with Gasteiger partial charge in [-0.1, -0.05) is 42.8 Å². The quantitative estimate of drug-likeness (QED) is 0.880. The molecule has 2 aliphatic rings. The summed E-state index contributed by atoms with van der Waals surface area (Å²) in [6.07, 6.45) is 12.0. The highest BCUT2D eigenvalue weighted by atomic mass is 16.1. The Morgan fingerprint density at radius 2 is 2.00 bits per heavy atom. The molecule has 1 heterocycles. The van der Waals surface area contributed by atoms with Gasteiger partial charge in [-0.2, -0.15) is 0 Å². The summed E-state index contributed by atoms with van der Waals surface area (Å²) in [5.74, 6) is 0.453. The highest BCUT2D eigenvalue weighted by Gasteiger charge is 2.27. The Labute approximate surface area is 119 Å². The maximum atomic E-state index is 12.2. The molecule has 0 radical (unpaired) electrons. The monoisotopic (exact) mass is 265 g/mol. The van der Waals surface area contributed by atoms with Crippen LogP contribution < -0.4 is 5.32 Å². The van der Waals surface area contributed by atoms with E-state index in [0.29, 0.717) is 5.78 Å². The Balaban J connectivity index is 1.91. The molecule has 20 heavy (non-hydrogen) atoms. The number of dihydropyridines is 1. The Bertz CT molecular complexity index is 581. The fourth-order valence-corrected chi connectivity index (χ4v) is 2.92. The SMILES string of the molecule is O=C1CCCCC1C1=CC=CNC1=Cc1ccccc1. The second-order valence-electron chi connectivity index (χ2n) is 5.36. The van der Waals surface area contributed by atoms with Crippen molar-refractivity contribution in [3.8, 4) is 0 Å². The number of ketones is 1. The van der Waals surface area contributed by atoms with Gasteiger partial charge < -0.3 is 5.32 Å². The Morgan fingerprint density at radius 1 is 1.15 bits per heavy atom. The van der Waals surface area contributed by atoms with Gasteiger partial charge in [0.1, 0.15) is 5.78 Å². The van der Waals surface area contributed by atoms with Gasteiger partial charge in [0.05, 0.1) is 0 Å². The zero-order chi connectivity index (χ0) is 13.8. The molecule has 0 aromatic heterocycles. The van der Waals surface area contributed by atoms with Crippen LogP contribution in [-0.2, 0) is 4.79 Å². The molecule has 0 amide bonds. The van der Waals surface area contributed by atoms with Crippen LogP contribution in [0.25, 0.3) is 6.08 Å². The van der Waals surface area contributed by atoms with E-state index in [-0.39, 0.29) is 5.92 Å². The molecule has 1 fully saturated rings. The van der Waals surface area contributed by atoms with Crippen LogP contribution in [0.2, 0.25) is 0 Å². The second-order valence-corrected chi connectivity index (χ2v) is 5.36. The van der Waals surface area contributed by atoms with Crippen molar-refractivity contribution >= 4 is 11.9 Å². The van der Waals surface area contributed by atoms with Crippen molar-refractivity contribution in [1.82, 2.24) is 5.32 Å². The van der Waals surface area contributed by atoms with E-state index >= 15 is 0 Å². The van der Waals surface area contributed by atoms with Gasteiger partial charge in [0.2, 0.25) is 0 Å². The minimum absolute atomic E-state index is 0.0659. The van der Waals surface area contributed by atoms with Crippen molar-refractivity contribution < 1.29 is 4.79 Å². The molecule has 102 valence electrons. The van der Waals surface area contributed by atoms with Gasteiger partial charge in [-0.05, 0) is 36.1 Å². The summed E-state index contributed by atoms with van der Waals surface area (Å²) >= 11 is 0. The number of hydrogen-bond donors (Lipinski definition) is 1. The largest absolute Gasteiger partial charge is 0.361 e. The molecule has 1 atom stereocenters. The van der Waals surface area contributed by atoms with E-state index in [4.69, 9.17) is 0 Å². The zero-order valence-corrected chi connectivity index (χ0v) is 11.5. The van der Waals surface area contributed by atoms with Crippen LogP contribution in [0, 0.1) is 5.92 Å². The summed E-state index contributed by atoms with van der Waals surface area (Å²) in [5, 5.41) is 3.30. The predicted molar refractivity (Wildman–Crippen MR) is 81.7 cm³/mol. The van der Waals surface area contributed by atoms with Crippen molar-refractivity contribution in [2.75, 3.05) is 0 Å². The normalized spacial score (nSPS) is 24.4. The minimum Gasteiger partial charge on any atom is -0.361 e. The summed E-state index contributed by atoms with van der Waals surface area (Å²) in [7, 11) is 0. The smallest absolute Gasteiger partial charge is 0.140 e. The third-order valence-corrected chi connectivity index (χ3v) is 3.96. The van der Waals surface area contributed by atoms with Crippen molar-refractivity contribution in [2.45, 2.75) is 25.7 Å². The molecule has 1 unspecified atom stereocenters. The molecule has 1 aliphatic carbocycles. The minimum atomic E-state index is 0.0659. The molecule has 1 aromatic rings. The first-order valence-corrected chi connectivity index (χ1v) is 7.28. The third-order valence-electron chi connectivity index (χ3n) is 3.96. The Morgan fingerprint density at radius 3 is 2.80 bits per heavy atom. The Hall–Kier alpha value is -2.09. The van der Waals surface area contributed by atoms with Crippen LogP contribution in [-0.4, -0.2) is 5.78 Å². The number of Topliss-reactive ketones (excluding diaryl/α,β-unsaturated/α-hetero) is 1. The van der Waals surface area contributed by atoms with Gasteiger partial charge in [-0.15, -0.1) is 0 Å². The topological polar surface area (TPSA) is 29.1 Å². The van der Waals surface area contributed by atoms with E-state index in [2.05, 4.69) is 29.6 Å². The molecule has 1 saturated carbocycles. The molecule has 1 aromatic carbocycles. The van der Waals surface area contributed by atoms with E-state index in [1.54, 1.807) is 0 Å². The number of carbonyl (C=O) groups is 1. The number of hydrogen-bond acceptors (Lipinski definition) is 2. The maximum absolute atomic E-state index is 12.2. The highest BCUT2D eigenvalue weighted by Crippen LogP contribution is 2.32. The van der Waals surface area contributed by atoms with E-state index in [1.807, 2.05) is 30.5 Å². The second kappa shape index (κ2) is 5.91. The van der Waals surface area contributed by atoms with Gasteiger partial charge in [-0.3, -0.25) is 4.79 Å². The summed E-state index contributed by atoms with van der Waals surface area (Å²) in [4.78, 5) is 12.2. The van der Waals surface area contributed by atoms with E-state index in [1.165, 1.54) is 0 Å². The number of rotatable bonds is 2. The fourth-order valence-electron chi connectivity index (χ4n) is 2.92. The average molecular weight is 265 g/mol. The van der Waals surface area contributed by atoms with Crippen LogP contribution in [0.3, 0.4) is 0 Å². The van der Waals surface area contributed by atoms with Gasteiger partial charge >= 0.3 is 0 Å². The summed E-state index contributed by atoms with van der Waals surface area (Å²) in [5.41, 5.74) is 3.35. The van der Waals surface area contributed by atoms with Crippen molar-refractivity contribution in [2.24, 2.45) is 5.92 Å². The first kappa shape index (κ1) is 12.9. The number of benzene rings is 1. The molecule has 0 saturated heterocycles. The lowest BCUT2D eigenvalue weighted by molar-refractivity contribution is -0.123. The number of allylic oxidation sites excluding steroid dienone is 3. The van der Waals surface area contributed by atoms with Gasteiger partial charge in [0.15, 0.2) is 0 Å². The van der Waals surface area contributed by atoms with Crippen molar-refractivity contribution in [3.63, 3.8) is 0 Å². The van der Waals surface area contributed by atoms with Crippen LogP contribution in [0.15, 0.2) is 60.0 Å². The lowest BCUT2D eigenvalue weighted by atomic mass is 9.80. The van der Waals surface area contributed by atoms with Crippen LogP contribution >= 0.6 is 0 Å². The number of carbonyl (C=O) groups excluding carboxylic acids is 1. The molecule has 0 bridgehead atoms. The third kappa shape index (κ3) is 2.74. The Kier molecular flexibility index (Phi) is 3.82. The van der Waals surface area contributed by atoms with Crippen molar-refractivity contribution in [1.29, 1.82) is 0 Å². The molecule has 2 heteroatoms.